The molecule has 0 aliphatic carbocycles. The third kappa shape index (κ3) is 4.01. The molecule has 1 saturated heterocycles. The first-order valence-electron chi connectivity index (χ1n) is 7.62. The van der Waals surface area contributed by atoms with Crippen LogP contribution in [0.25, 0.3) is 0 Å². The van der Waals surface area contributed by atoms with Gasteiger partial charge in [-0.15, -0.1) is 13.2 Å². The van der Waals surface area contributed by atoms with Crippen LogP contribution in [-0.4, -0.2) is 48.3 Å². The molecule has 3 rings (SSSR count). The monoisotopic (exact) mass is 351 g/mol. The van der Waals surface area contributed by atoms with Crippen molar-refractivity contribution in [1.29, 1.82) is 0 Å². The zero-order valence-corrected chi connectivity index (χ0v) is 13.4. The number of alkyl halides is 3. The minimum atomic E-state index is -4.75. The molecule has 0 atom stereocenters. The quantitative estimate of drug-likeness (QED) is 0.850. The number of nitrogens with zero attached hydrogens (tertiary/aromatic N) is 3. The van der Waals surface area contributed by atoms with Crippen molar-refractivity contribution in [2.45, 2.75) is 12.4 Å². The lowest BCUT2D eigenvalue weighted by Crippen LogP contribution is -2.60. The van der Waals surface area contributed by atoms with E-state index in [1.54, 1.807) is 18.1 Å². The van der Waals surface area contributed by atoms with Gasteiger partial charge in [0.2, 0.25) is 0 Å². The van der Waals surface area contributed by atoms with Crippen LogP contribution in [0.4, 0.5) is 19.0 Å². The SMILES string of the molecule is CN(C(=O)c1ccc(OC(F)(F)F)cc1)C1CN(c2ccccn2)C1. The molecule has 1 fully saturated rings. The molecule has 1 aromatic carbocycles. The third-order valence-electron chi connectivity index (χ3n) is 4.04. The van der Waals surface area contributed by atoms with Crippen LogP contribution in [-0.2, 0) is 0 Å². The first-order chi connectivity index (χ1) is 11.8. The number of carbonyl (C=O) groups excluding carboxylic acids is 1. The van der Waals surface area contributed by atoms with Gasteiger partial charge >= 0.3 is 6.36 Å². The molecule has 1 aliphatic heterocycles. The maximum Gasteiger partial charge on any atom is 0.573 e. The van der Waals surface area contributed by atoms with E-state index in [2.05, 4.69) is 14.6 Å². The number of pyridine rings is 1. The molecule has 0 unspecified atom stereocenters. The van der Waals surface area contributed by atoms with Crippen LogP contribution in [0.2, 0.25) is 0 Å². The number of halogens is 3. The van der Waals surface area contributed by atoms with E-state index in [1.165, 1.54) is 12.1 Å². The summed E-state index contributed by atoms with van der Waals surface area (Å²) in [6.07, 6.45) is -3.04. The summed E-state index contributed by atoms with van der Waals surface area (Å²) in [7, 11) is 1.68. The summed E-state index contributed by atoms with van der Waals surface area (Å²) < 4.78 is 40.3. The Labute approximate surface area is 142 Å². The molecule has 0 saturated carbocycles. The molecule has 0 bridgehead atoms. The number of rotatable bonds is 4. The largest absolute Gasteiger partial charge is 0.573 e. The number of aromatic nitrogens is 1. The van der Waals surface area contributed by atoms with Crippen LogP contribution in [0.1, 0.15) is 10.4 Å². The molecule has 132 valence electrons. The second-order valence-electron chi connectivity index (χ2n) is 5.73. The highest BCUT2D eigenvalue weighted by molar-refractivity contribution is 5.94. The number of hydrogen-bond donors (Lipinski definition) is 0. The van der Waals surface area contributed by atoms with Crippen LogP contribution >= 0.6 is 0 Å². The van der Waals surface area contributed by atoms with Crippen molar-refractivity contribution in [2.75, 3.05) is 25.0 Å². The van der Waals surface area contributed by atoms with Gasteiger partial charge in [-0.1, -0.05) is 6.07 Å². The summed E-state index contributed by atoms with van der Waals surface area (Å²) in [6, 6.07) is 10.6. The average molecular weight is 351 g/mol. The highest BCUT2D eigenvalue weighted by atomic mass is 19.4. The Hall–Kier alpha value is -2.77. The lowest BCUT2D eigenvalue weighted by Gasteiger charge is -2.44. The zero-order chi connectivity index (χ0) is 18.0. The molecular weight excluding hydrogens is 335 g/mol. The van der Waals surface area contributed by atoms with Crippen LogP contribution in [0.5, 0.6) is 5.75 Å². The van der Waals surface area contributed by atoms with E-state index in [1.807, 2.05) is 18.2 Å². The van der Waals surface area contributed by atoms with Gasteiger partial charge in [0.15, 0.2) is 0 Å². The van der Waals surface area contributed by atoms with Gasteiger partial charge in [0.25, 0.3) is 5.91 Å². The first-order valence-corrected chi connectivity index (χ1v) is 7.62. The average Bonchev–Trinajstić information content (AvgIpc) is 2.53. The van der Waals surface area contributed by atoms with Crippen LogP contribution < -0.4 is 9.64 Å². The van der Waals surface area contributed by atoms with Crippen LogP contribution in [0, 0.1) is 0 Å². The first kappa shape index (κ1) is 17.1. The Balaban J connectivity index is 1.58. The molecule has 25 heavy (non-hydrogen) atoms. The highest BCUT2D eigenvalue weighted by Gasteiger charge is 2.34. The second-order valence-corrected chi connectivity index (χ2v) is 5.73. The molecule has 0 radical (unpaired) electrons. The smallest absolute Gasteiger partial charge is 0.406 e. The number of likely N-dealkylation sites (N-methyl/N-ethyl adjacent to an activating group) is 1. The van der Waals surface area contributed by atoms with Gasteiger partial charge in [-0.2, -0.15) is 0 Å². The molecule has 8 heteroatoms. The van der Waals surface area contributed by atoms with E-state index in [4.69, 9.17) is 0 Å². The Morgan fingerprint density at radius 3 is 2.44 bits per heavy atom. The summed E-state index contributed by atoms with van der Waals surface area (Å²) in [4.78, 5) is 20.3. The van der Waals surface area contributed by atoms with Gasteiger partial charge in [-0.25, -0.2) is 4.98 Å². The number of anilines is 1. The second kappa shape index (κ2) is 6.62. The highest BCUT2D eigenvalue weighted by Crippen LogP contribution is 2.24. The predicted octanol–water partition coefficient (Wildman–Crippen LogP) is 2.94. The Morgan fingerprint density at radius 2 is 1.88 bits per heavy atom. The molecule has 2 aromatic rings. The van der Waals surface area contributed by atoms with Gasteiger partial charge in [0.05, 0.1) is 6.04 Å². The number of hydrogen-bond acceptors (Lipinski definition) is 4. The Bertz CT molecular complexity index is 729. The van der Waals surface area contributed by atoms with Crippen molar-refractivity contribution in [3.63, 3.8) is 0 Å². The van der Waals surface area contributed by atoms with Gasteiger partial charge in [0, 0.05) is 31.9 Å². The molecule has 1 aliphatic rings. The predicted molar refractivity (Wildman–Crippen MR) is 85.5 cm³/mol. The summed E-state index contributed by atoms with van der Waals surface area (Å²) >= 11 is 0. The maximum absolute atomic E-state index is 12.4. The van der Waals surface area contributed by atoms with Crippen molar-refractivity contribution in [3.8, 4) is 5.75 Å². The van der Waals surface area contributed by atoms with Crippen molar-refractivity contribution >= 4 is 11.7 Å². The van der Waals surface area contributed by atoms with Crippen LogP contribution in [0.15, 0.2) is 48.7 Å². The molecular formula is C17H16F3N3O2. The van der Waals surface area contributed by atoms with Gasteiger partial charge < -0.3 is 14.5 Å². The van der Waals surface area contributed by atoms with E-state index in [9.17, 15) is 18.0 Å². The molecule has 1 amide bonds. The van der Waals surface area contributed by atoms with Gasteiger partial charge in [-0.3, -0.25) is 4.79 Å². The summed E-state index contributed by atoms with van der Waals surface area (Å²) in [5.74, 6) is 0.258. The fourth-order valence-corrected chi connectivity index (χ4v) is 2.60. The summed E-state index contributed by atoms with van der Waals surface area (Å²) in [5, 5.41) is 0. The molecule has 1 aromatic heterocycles. The fourth-order valence-electron chi connectivity index (χ4n) is 2.60. The minimum absolute atomic E-state index is 0.0283. The number of benzene rings is 1. The fraction of sp³-hybridized carbons (Fsp3) is 0.294. The number of ether oxygens (including phenoxy) is 1. The minimum Gasteiger partial charge on any atom is -0.406 e. The zero-order valence-electron chi connectivity index (χ0n) is 13.4. The van der Waals surface area contributed by atoms with Gasteiger partial charge in [0.1, 0.15) is 11.6 Å². The normalized spacial score (nSPS) is 14.8. The van der Waals surface area contributed by atoms with Crippen molar-refractivity contribution < 1.29 is 22.7 Å². The van der Waals surface area contributed by atoms with Crippen molar-refractivity contribution in [3.05, 3.63) is 54.2 Å². The Kier molecular flexibility index (Phi) is 4.52. The number of amides is 1. The number of carbonyl (C=O) groups is 1. The summed E-state index contributed by atoms with van der Waals surface area (Å²) in [6.45, 7) is 1.32. The van der Waals surface area contributed by atoms with Crippen molar-refractivity contribution in [1.82, 2.24) is 9.88 Å². The van der Waals surface area contributed by atoms with E-state index in [0.717, 1.165) is 18.0 Å². The lowest BCUT2D eigenvalue weighted by molar-refractivity contribution is -0.274. The molecule has 0 N–H and O–H groups in total. The van der Waals surface area contributed by atoms with Crippen molar-refractivity contribution in [2.24, 2.45) is 0 Å². The Morgan fingerprint density at radius 1 is 1.20 bits per heavy atom. The summed E-state index contributed by atoms with van der Waals surface area (Å²) in [5.41, 5.74) is 0.313. The molecule has 5 nitrogen and oxygen atoms in total. The van der Waals surface area contributed by atoms with E-state index in [-0.39, 0.29) is 17.7 Å². The molecule has 2 heterocycles. The topological polar surface area (TPSA) is 45.7 Å². The van der Waals surface area contributed by atoms with E-state index in [0.29, 0.717) is 18.7 Å². The van der Waals surface area contributed by atoms with Gasteiger partial charge in [-0.05, 0) is 36.4 Å². The third-order valence-corrected chi connectivity index (χ3v) is 4.04. The van der Waals surface area contributed by atoms with E-state index >= 15 is 0 Å². The van der Waals surface area contributed by atoms with Crippen LogP contribution in [0.3, 0.4) is 0 Å². The maximum atomic E-state index is 12.4. The molecule has 0 spiro atoms. The standard InChI is InChI=1S/C17H16F3N3O2/c1-22(13-10-23(11-13)15-4-2-3-9-21-15)16(24)12-5-7-14(8-6-12)25-17(18,19)20/h2-9,13H,10-11H2,1H3. The van der Waals surface area contributed by atoms with E-state index < -0.39 is 6.36 Å². The lowest BCUT2D eigenvalue weighted by atomic mass is 10.1.